The van der Waals surface area contributed by atoms with Crippen LogP contribution in [0.25, 0.3) is 6.08 Å². The molecule has 5 heteroatoms. The number of phenolic OH excluding ortho intramolecular Hbond substituents is 1. The fourth-order valence-corrected chi connectivity index (χ4v) is 3.55. The van der Waals surface area contributed by atoms with Gasteiger partial charge in [0.2, 0.25) is 5.91 Å². The minimum absolute atomic E-state index is 0.189. The van der Waals surface area contributed by atoms with Crippen LogP contribution in [0.15, 0.2) is 59.5 Å². The highest BCUT2D eigenvalue weighted by atomic mass is 32.2. The molecule has 0 heterocycles. The Kier molecular flexibility index (Phi) is 8.25. The number of carbonyl (C=O) groups is 1. The molecule has 26 heavy (non-hydrogen) atoms. The van der Waals surface area contributed by atoms with E-state index >= 15 is 0 Å². The minimum atomic E-state index is -0.985. The fourth-order valence-electron chi connectivity index (χ4n) is 2.41. The Bertz CT molecular complexity index is 711. The lowest BCUT2D eigenvalue weighted by Gasteiger charge is -2.11. The molecule has 2 aromatic carbocycles. The van der Waals surface area contributed by atoms with E-state index in [1.807, 2.05) is 0 Å². The molecular weight excluding hydrogens is 346 g/mol. The maximum atomic E-state index is 12.2. The number of rotatable bonds is 9. The number of amides is 1. The van der Waals surface area contributed by atoms with Crippen molar-refractivity contribution in [1.82, 2.24) is 0 Å². The molecule has 4 nitrogen and oxygen atoms in total. The van der Waals surface area contributed by atoms with Crippen molar-refractivity contribution in [3.8, 4) is 5.75 Å². The van der Waals surface area contributed by atoms with E-state index in [9.17, 15) is 14.5 Å². The summed E-state index contributed by atoms with van der Waals surface area (Å²) < 4.78 is 12.2. The van der Waals surface area contributed by atoms with Crippen molar-refractivity contribution in [3.05, 3.63) is 60.2 Å². The number of nitrogens with one attached hydrogen (secondary N) is 1. The van der Waals surface area contributed by atoms with Gasteiger partial charge in [0, 0.05) is 11.8 Å². The van der Waals surface area contributed by atoms with Gasteiger partial charge in [-0.05, 0) is 72.1 Å². The lowest BCUT2D eigenvalue weighted by Crippen LogP contribution is -2.09. The second kappa shape index (κ2) is 10.7. The smallest absolute Gasteiger partial charge is 0.248 e. The summed E-state index contributed by atoms with van der Waals surface area (Å²) in [7, 11) is 0. The maximum absolute atomic E-state index is 12.2. The van der Waals surface area contributed by atoms with Crippen LogP contribution in [0.4, 0.5) is 5.69 Å². The van der Waals surface area contributed by atoms with Crippen molar-refractivity contribution < 1.29 is 14.5 Å². The third-order valence-corrected chi connectivity index (χ3v) is 5.35. The molecule has 1 unspecified atom stereocenters. The second-order valence-electron chi connectivity index (χ2n) is 6.05. The zero-order chi connectivity index (χ0) is 18.8. The second-order valence-corrected chi connectivity index (χ2v) is 7.62. The Hall–Kier alpha value is -2.24. The highest BCUT2D eigenvalue weighted by Gasteiger charge is 2.10. The SMILES string of the molecule is CCCCCC[S+]([O-])c1ccc(NC(=O)/C=C/c2ccc(O)cc2)cc1. The number of anilines is 1. The summed E-state index contributed by atoms with van der Waals surface area (Å²) in [5, 5.41) is 12.0. The quantitative estimate of drug-likeness (QED) is 0.380. The molecule has 2 N–H and O–H groups in total. The van der Waals surface area contributed by atoms with Gasteiger partial charge in [0.15, 0.2) is 4.90 Å². The van der Waals surface area contributed by atoms with Crippen LogP contribution in [0.2, 0.25) is 0 Å². The van der Waals surface area contributed by atoms with Crippen molar-refractivity contribution in [2.24, 2.45) is 0 Å². The van der Waals surface area contributed by atoms with Gasteiger partial charge in [0.25, 0.3) is 0 Å². The van der Waals surface area contributed by atoms with Crippen LogP contribution in [0.3, 0.4) is 0 Å². The van der Waals surface area contributed by atoms with Gasteiger partial charge >= 0.3 is 0 Å². The summed E-state index contributed by atoms with van der Waals surface area (Å²) in [5.74, 6) is 0.627. The molecule has 0 saturated carbocycles. The first kappa shape index (κ1) is 20.1. The summed E-state index contributed by atoms with van der Waals surface area (Å²) >= 11 is -0.985. The zero-order valence-corrected chi connectivity index (χ0v) is 15.8. The molecule has 0 aliphatic carbocycles. The number of aromatic hydroxyl groups is 1. The topological polar surface area (TPSA) is 72.4 Å². The standard InChI is InChI=1S/C21H25NO3S/c1-2-3-4-5-16-26(25)20-13-9-18(10-14-20)22-21(24)15-8-17-6-11-19(23)12-7-17/h6-15,23H,2-5,16H2,1H3,(H,22,24)/b15-8+. The molecule has 2 aromatic rings. The van der Waals surface area contributed by atoms with Crippen LogP contribution in [-0.2, 0) is 16.0 Å². The molecule has 0 fully saturated rings. The zero-order valence-electron chi connectivity index (χ0n) is 15.0. The van der Waals surface area contributed by atoms with Gasteiger partial charge < -0.3 is 15.0 Å². The largest absolute Gasteiger partial charge is 0.611 e. The van der Waals surface area contributed by atoms with E-state index in [0.29, 0.717) is 11.4 Å². The molecule has 0 aliphatic heterocycles. The predicted octanol–water partition coefficient (Wildman–Crippen LogP) is 4.73. The summed E-state index contributed by atoms with van der Waals surface area (Å²) in [6.07, 6.45) is 7.55. The molecule has 1 amide bonds. The van der Waals surface area contributed by atoms with Gasteiger partial charge in [-0.3, -0.25) is 4.79 Å². The van der Waals surface area contributed by atoms with Gasteiger partial charge in [-0.25, -0.2) is 0 Å². The lowest BCUT2D eigenvalue weighted by atomic mass is 10.2. The van der Waals surface area contributed by atoms with E-state index < -0.39 is 11.2 Å². The first-order chi connectivity index (χ1) is 12.6. The Morgan fingerprint density at radius 3 is 2.42 bits per heavy atom. The molecule has 0 saturated heterocycles. The first-order valence-corrected chi connectivity index (χ1v) is 10.2. The average Bonchev–Trinajstić information content (AvgIpc) is 2.65. The Labute approximate surface area is 158 Å². The molecular formula is C21H25NO3S. The Morgan fingerprint density at radius 2 is 1.77 bits per heavy atom. The van der Waals surface area contributed by atoms with Crippen LogP contribution < -0.4 is 5.32 Å². The molecule has 0 bridgehead atoms. The van der Waals surface area contributed by atoms with Crippen molar-refractivity contribution in [1.29, 1.82) is 0 Å². The predicted molar refractivity (Wildman–Crippen MR) is 108 cm³/mol. The van der Waals surface area contributed by atoms with Crippen LogP contribution in [0.1, 0.15) is 38.2 Å². The normalized spacial score (nSPS) is 12.2. The van der Waals surface area contributed by atoms with Gasteiger partial charge in [-0.1, -0.05) is 31.9 Å². The molecule has 0 aliphatic rings. The number of phenols is 1. The van der Waals surface area contributed by atoms with E-state index in [4.69, 9.17) is 0 Å². The number of benzene rings is 2. The molecule has 0 radical (unpaired) electrons. The van der Waals surface area contributed by atoms with E-state index in [2.05, 4.69) is 12.2 Å². The van der Waals surface area contributed by atoms with Crippen molar-refractivity contribution in [2.45, 2.75) is 37.5 Å². The van der Waals surface area contributed by atoms with E-state index in [1.165, 1.54) is 18.9 Å². The lowest BCUT2D eigenvalue weighted by molar-refractivity contribution is -0.111. The van der Waals surface area contributed by atoms with E-state index in [0.717, 1.165) is 23.3 Å². The van der Waals surface area contributed by atoms with Crippen LogP contribution in [0, 0.1) is 0 Å². The summed E-state index contributed by atoms with van der Waals surface area (Å²) in [5.41, 5.74) is 1.49. The minimum Gasteiger partial charge on any atom is -0.611 e. The van der Waals surface area contributed by atoms with Crippen molar-refractivity contribution >= 4 is 28.8 Å². The molecule has 138 valence electrons. The monoisotopic (exact) mass is 371 g/mol. The summed E-state index contributed by atoms with van der Waals surface area (Å²) in [6.45, 7) is 2.16. The number of hydrogen-bond donors (Lipinski definition) is 2. The molecule has 1 atom stereocenters. The summed E-state index contributed by atoms with van der Waals surface area (Å²) in [6, 6.07) is 13.7. The van der Waals surface area contributed by atoms with Gasteiger partial charge in [0.05, 0.1) is 0 Å². The van der Waals surface area contributed by atoms with Crippen LogP contribution in [-0.4, -0.2) is 21.3 Å². The number of carbonyl (C=O) groups excluding carboxylic acids is 1. The third kappa shape index (κ3) is 6.94. The Balaban J connectivity index is 1.84. The van der Waals surface area contributed by atoms with Gasteiger partial charge in [0.1, 0.15) is 11.5 Å². The van der Waals surface area contributed by atoms with E-state index in [-0.39, 0.29) is 11.7 Å². The highest BCUT2D eigenvalue weighted by Crippen LogP contribution is 2.17. The average molecular weight is 372 g/mol. The van der Waals surface area contributed by atoms with Crippen LogP contribution in [0.5, 0.6) is 5.75 Å². The molecule has 0 aromatic heterocycles. The van der Waals surface area contributed by atoms with Crippen LogP contribution >= 0.6 is 0 Å². The maximum Gasteiger partial charge on any atom is 0.248 e. The molecule has 0 spiro atoms. The van der Waals surface area contributed by atoms with Gasteiger partial charge in [-0.2, -0.15) is 0 Å². The number of unbranched alkanes of at least 4 members (excludes halogenated alkanes) is 3. The molecule has 2 rings (SSSR count). The highest BCUT2D eigenvalue weighted by molar-refractivity contribution is 7.91. The third-order valence-electron chi connectivity index (χ3n) is 3.89. The van der Waals surface area contributed by atoms with Crippen molar-refractivity contribution in [3.63, 3.8) is 0 Å². The fraction of sp³-hybridized carbons (Fsp3) is 0.286. The number of hydrogen-bond acceptors (Lipinski definition) is 3. The summed E-state index contributed by atoms with van der Waals surface area (Å²) in [4.78, 5) is 12.8. The van der Waals surface area contributed by atoms with Gasteiger partial charge in [-0.15, -0.1) is 0 Å². The van der Waals surface area contributed by atoms with Crippen molar-refractivity contribution in [2.75, 3.05) is 11.1 Å². The Morgan fingerprint density at radius 1 is 1.08 bits per heavy atom. The first-order valence-electron chi connectivity index (χ1n) is 8.85. The van der Waals surface area contributed by atoms with E-state index in [1.54, 1.807) is 54.6 Å².